The van der Waals surface area contributed by atoms with E-state index in [1.165, 1.54) is 12.1 Å². The maximum Gasteiger partial charge on any atom is 0.240 e. The normalized spacial score (nSPS) is 22.4. The Morgan fingerprint density at radius 1 is 1.37 bits per heavy atom. The summed E-state index contributed by atoms with van der Waals surface area (Å²) in [7, 11) is 0. The highest BCUT2D eigenvalue weighted by Gasteiger charge is 2.33. The van der Waals surface area contributed by atoms with Crippen molar-refractivity contribution >= 4 is 18.3 Å². The van der Waals surface area contributed by atoms with Gasteiger partial charge in [0.1, 0.15) is 5.82 Å². The first kappa shape index (κ1) is 15.9. The van der Waals surface area contributed by atoms with Crippen molar-refractivity contribution in [3.8, 4) is 0 Å². The number of amides is 1. The van der Waals surface area contributed by atoms with Gasteiger partial charge in [0.2, 0.25) is 5.91 Å². The molecule has 1 aromatic rings. The molecule has 2 N–H and O–H groups in total. The fourth-order valence-corrected chi connectivity index (χ4v) is 2.23. The predicted octanol–water partition coefficient (Wildman–Crippen LogP) is 2.40. The van der Waals surface area contributed by atoms with Gasteiger partial charge >= 0.3 is 0 Å². The van der Waals surface area contributed by atoms with Crippen LogP contribution in [0.25, 0.3) is 0 Å². The van der Waals surface area contributed by atoms with Gasteiger partial charge in [0.25, 0.3) is 0 Å². The Hall–Kier alpha value is -1.13. The quantitative estimate of drug-likeness (QED) is 0.896. The van der Waals surface area contributed by atoms with Gasteiger partial charge in [0.05, 0.1) is 5.54 Å². The van der Waals surface area contributed by atoms with Crippen LogP contribution in [0.15, 0.2) is 24.3 Å². The van der Waals surface area contributed by atoms with Crippen LogP contribution in [0, 0.1) is 5.82 Å². The van der Waals surface area contributed by atoms with Crippen LogP contribution in [0.3, 0.4) is 0 Å². The minimum Gasteiger partial charge on any atom is -0.350 e. The molecule has 1 aliphatic heterocycles. The molecule has 1 aliphatic rings. The molecule has 1 saturated heterocycles. The van der Waals surface area contributed by atoms with Gasteiger partial charge in [-0.25, -0.2) is 4.39 Å². The lowest BCUT2D eigenvalue weighted by molar-refractivity contribution is -0.128. The monoisotopic (exact) mass is 286 g/mol. The van der Waals surface area contributed by atoms with Crippen LogP contribution in [-0.2, 0) is 11.3 Å². The lowest BCUT2D eigenvalue weighted by Crippen LogP contribution is -2.56. The standard InChI is InChI=1S/C14H19FN2O.ClH/c1-14(8-2-3-9-17-14)13(18)16-10-11-4-6-12(15)7-5-11;/h4-7,17H,2-3,8-10H2,1H3,(H,16,18);1H. The van der Waals surface area contributed by atoms with Crippen LogP contribution in [0.1, 0.15) is 31.7 Å². The SMILES string of the molecule is CC1(C(=O)NCc2ccc(F)cc2)CCCCN1.Cl. The highest BCUT2D eigenvalue weighted by atomic mass is 35.5. The van der Waals surface area contributed by atoms with E-state index in [-0.39, 0.29) is 24.1 Å². The number of piperidine rings is 1. The topological polar surface area (TPSA) is 41.1 Å². The molecule has 2 rings (SSSR count). The molecule has 0 radical (unpaired) electrons. The average Bonchev–Trinajstić information content (AvgIpc) is 2.38. The minimum absolute atomic E-state index is 0. The molecule has 0 spiro atoms. The highest BCUT2D eigenvalue weighted by Crippen LogP contribution is 2.18. The van der Waals surface area contributed by atoms with E-state index in [9.17, 15) is 9.18 Å². The third-order valence-electron chi connectivity index (χ3n) is 3.49. The van der Waals surface area contributed by atoms with Gasteiger partial charge in [0.15, 0.2) is 0 Å². The molecule has 1 heterocycles. The Kier molecular flexibility index (Phi) is 5.76. The Labute approximate surface area is 119 Å². The molecule has 1 unspecified atom stereocenters. The van der Waals surface area contributed by atoms with Crippen molar-refractivity contribution in [1.82, 2.24) is 10.6 Å². The van der Waals surface area contributed by atoms with Gasteiger partial charge in [-0.15, -0.1) is 12.4 Å². The molecule has 1 fully saturated rings. The third-order valence-corrected chi connectivity index (χ3v) is 3.49. The first-order chi connectivity index (χ1) is 8.60. The van der Waals surface area contributed by atoms with Crippen molar-refractivity contribution in [1.29, 1.82) is 0 Å². The van der Waals surface area contributed by atoms with Gasteiger partial charge in [-0.2, -0.15) is 0 Å². The molecule has 3 nitrogen and oxygen atoms in total. The zero-order chi connectivity index (χ0) is 13.0. The van der Waals surface area contributed by atoms with Crippen molar-refractivity contribution in [2.45, 2.75) is 38.3 Å². The summed E-state index contributed by atoms with van der Waals surface area (Å²) in [6.07, 6.45) is 3.07. The number of hydrogen-bond donors (Lipinski definition) is 2. The molecule has 0 saturated carbocycles. The van der Waals surface area contributed by atoms with E-state index in [1.54, 1.807) is 12.1 Å². The second kappa shape index (κ2) is 6.87. The van der Waals surface area contributed by atoms with E-state index in [2.05, 4.69) is 10.6 Å². The maximum atomic E-state index is 12.7. The first-order valence-corrected chi connectivity index (χ1v) is 6.38. The summed E-state index contributed by atoms with van der Waals surface area (Å²) in [5.41, 5.74) is 0.447. The van der Waals surface area contributed by atoms with E-state index in [1.807, 2.05) is 6.92 Å². The predicted molar refractivity (Wildman–Crippen MR) is 75.8 cm³/mol. The van der Waals surface area contributed by atoms with Crippen LogP contribution in [0.4, 0.5) is 4.39 Å². The van der Waals surface area contributed by atoms with Crippen molar-refractivity contribution in [2.24, 2.45) is 0 Å². The third kappa shape index (κ3) is 4.18. The lowest BCUT2D eigenvalue weighted by Gasteiger charge is -2.33. The fourth-order valence-electron chi connectivity index (χ4n) is 2.23. The summed E-state index contributed by atoms with van der Waals surface area (Å²) < 4.78 is 12.7. The number of nitrogens with one attached hydrogen (secondary N) is 2. The van der Waals surface area contributed by atoms with E-state index >= 15 is 0 Å². The second-order valence-electron chi connectivity index (χ2n) is 5.03. The zero-order valence-corrected chi connectivity index (χ0v) is 11.9. The highest BCUT2D eigenvalue weighted by molar-refractivity contribution is 5.86. The minimum atomic E-state index is -0.460. The van der Waals surface area contributed by atoms with Gasteiger partial charge in [-0.1, -0.05) is 12.1 Å². The largest absolute Gasteiger partial charge is 0.350 e. The van der Waals surface area contributed by atoms with Gasteiger partial charge in [-0.3, -0.25) is 4.79 Å². The zero-order valence-electron chi connectivity index (χ0n) is 11.0. The van der Waals surface area contributed by atoms with E-state index in [0.29, 0.717) is 6.54 Å². The molecule has 1 atom stereocenters. The Morgan fingerprint density at radius 3 is 2.63 bits per heavy atom. The van der Waals surface area contributed by atoms with E-state index in [0.717, 1.165) is 31.4 Å². The van der Waals surface area contributed by atoms with Gasteiger partial charge < -0.3 is 10.6 Å². The number of halogens is 2. The van der Waals surface area contributed by atoms with Crippen LogP contribution in [0.2, 0.25) is 0 Å². The van der Waals surface area contributed by atoms with E-state index in [4.69, 9.17) is 0 Å². The first-order valence-electron chi connectivity index (χ1n) is 6.38. The fraction of sp³-hybridized carbons (Fsp3) is 0.500. The van der Waals surface area contributed by atoms with Gasteiger partial charge in [-0.05, 0) is 50.4 Å². The van der Waals surface area contributed by atoms with Crippen LogP contribution < -0.4 is 10.6 Å². The Morgan fingerprint density at radius 2 is 2.05 bits per heavy atom. The molecule has 1 aromatic carbocycles. The summed E-state index contributed by atoms with van der Waals surface area (Å²) in [5, 5.41) is 6.17. The summed E-state index contributed by atoms with van der Waals surface area (Å²) in [5.74, 6) is -0.238. The molecule has 1 amide bonds. The molecule has 0 aromatic heterocycles. The molecular formula is C14H20ClFN2O. The lowest BCUT2D eigenvalue weighted by atomic mass is 9.90. The van der Waals surface area contributed by atoms with E-state index < -0.39 is 5.54 Å². The van der Waals surface area contributed by atoms with Crippen molar-refractivity contribution in [3.05, 3.63) is 35.6 Å². The van der Waals surface area contributed by atoms with Crippen molar-refractivity contribution in [2.75, 3.05) is 6.54 Å². The van der Waals surface area contributed by atoms with Crippen LogP contribution in [0.5, 0.6) is 0 Å². The van der Waals surface area contributed by atoms with Crippen LogP contribution >= 0.6 is 12.4 Å². The summed E-state index contributed by atoms with van der Waals surface area (Å²) in [6.45, 7) is 3.27. The number of hydrogen-bond acceptors (Lipinski definition) is 2. The summed E-state index contributed by atoms with van der Waals surface area (Å²) >= 11 is 0. The van der Waals surface area contributed by atoms with Crippen LogP contribution in [-0.4, -0.2) is 18.0 Å². The second-order valence-corrected chi connectivity index (χ2v) is 5.03. The summed E-state index contributed by atoms with van der Waals surface area (Å²) in [6, 6.07) is 6.18. The molecule has 0 aliphatic carbocycles. The average molecular weight is 287 g/mol. The van der Waals surface area contributed by atoms with Gasteiger partial charge in [0, 0.05) is 6.54 Å². The molecule has 106 valence electrons. The molecule has 5 heteroatoms. The smallest absolute Gasteiger partial charge is 0.240 e. The Balaban J connectivity index is 0.00000180. The number of carbonyl (C=O) groups excluding carboxylic acids is 1. The van der Waals surface area contributed by atoms with Crippen molar-refractivity contribution in [3.63, 3.8) is 0 Å². The Bertz CT molecular complexity index is 416. The van der Waals surface area contributed by atoms with Crippen molar-refractivity contribution < 1.29 is 9.18 Å². The summed E-state index contributed by atoms with van der Waals surface area (Å²) in [4.78, 5) is 12.1. The number of carbonyl (C=O) groups is 1. The number of benzene rings is 1. The maximum absolute atomic E-state index is 12.7. The molecule has 0 bridgehead atoms. The number of rotatable bonds is 3. The molecular weight excluding hydrogens is 267 g/mol. The molecule has 19 heavy (non-hydrogen) atoms.